The van der Waals surface area contributed by atoms with Gasteiger partial charge in [-0.15, -0.1) is 0 Å². The third kappa shape index (κ3) is 5.57. The second-order valence-corrected chi connectivity index (χ2v) is 9.75. The summed E-state index contributed by atoms with van der Waals surface area (Å²) in [7, 11) is -3.14. The number of para-hydroxylation sites is 1. The highest BCUT2D eigenvalue weighted by molar-refractivity contribution is 7.91. The number of esters is 1. The Bertz CT molecular complexity index is 1020. The molecule has 3 rings (SSSR count). The predicted octanol–water partition coefficient (Wildman–Crippen LogP) is 2.59. The van der Waals surface area contributed by atoms with E-state index in [2.05, 4.69) is 10.6 Å². The van der Waals surface area contributed by atoms with Gasteiger partial charge in [0, 0.05) is 5.69 Å². The van der Waals surface area contributed by atoms with E-state index < -0.39 is 33.9 Å². The largest absolute Gasteiger partial charge is 0.452 e. The van der Waals surface area contributed by atoms with Crippen molar-refractivity contribution >= 4 is 33.1 Å². The Hall–Kier alpha value is -2.87. The van der Waals surface area contributed by atoms with Gasteiger partial charge in [0.2, 0.25) is 0 Å². The van der Waals surface area contributed by atoms with Crippen LogP contribution in [0.4, 0.5) is 11.4 Å². The maximum absolute atomic E-state index is 12.5. The van der Waals surface area contributed by atoms with E-state index in [-0.39, 0.29) is 11.5 Å². The van der Waals surface area contributed by atoms with E-state index in [0.717, 1.165) is 11.3 Å². The number of rotatable bonds is 6. The van der Waals surface area contributed by atoms with Crippen molar-refractivity contribution in [3.8, 4) is 0 Å². The second-order valence-electron chi connectivity index (χ2n) is 7.56. The van der Waals surface area contributed by atoms with Crippen molar-refractivity contribution in [2.75, 3.05) is 23.4 Å². The Morgan fingerprint density at radius 1 is 1.10 bits per heavy atom. The van der Waals surface area contributed by atoms with Gasteiger partial charge in [0.25, 0.3) is 5.91 Å². The van der Waals surface area contributed by atoms with Gasteiger partial charge in [-0.05, 0) is 44.5 Å². The fourth-order valence-corrected chi connectivity index (χ4v) is 5.35. The zero-order valence-electron chi connectivity index (χ0n) is 16.4. The zero-order chi connectivity index (χ0) is 21.1. The molecule has 0 bridgehead atoms. The van der Waals surface area contributed by atoms with Gasteiger partial charge in [0.05, 0.1) is 28.3 Å². The van der Waals surface area contributed by atoms with E-state index in [1.54, 1.807) is 31.2 Å². The van der Waals surface area contributed by atoms with Crippen LogP contribution < -0.4 is 10.6 Å². The van der Waals surface area contributed by atoms with Crippen LogP contribution in [0.2, 0.25) is 0 Å². The monoisotopic (exact) mass is 416 g/mol. The summed E-state index contributed by atoms with van der Waals surface area (Å²) in [6, 6.07) is 14.6. The average molecular weight is 416 g/mol. The number of anilines is 2. The third-order valence-electron chi connectivity index (χ3n) is 4.76. The molecule has 1 aliphatic heterocycles. The lowest BCUT2D eigenvalue weighted by molar-refractivity contribution is -0.125. The number of hydrogen-bond donors (Lipinski definition) is 2. The standard InChI is InChI=1S/C21H24N2O5S/c1-15-7-9-16(10-8-15)22-18-6-4-3-5-17(18)20(25)28-13-19(24)23-21(2)11-12-29(26,27)14-21/h3-10,22H,11-14H2,1-2H3,(H,23,24)/t21-/m0/s1. The molecule has 2 aromatic carbocycles. The molecule has 29 heavy (non-hydrogen) atoms. The first-order chi connectivity index (χ1) is 13.7. The summed E-state index contributed by atoms with van der Waals surface area (Å²) in [5.74, 6) is -1.23. The molecule has 0 aromatic heterocycles. The molecular formula is C21H24N2O5S. The van der Waals surface area contributed by atoms with Crippen LogP contribution in [0, 0.1) is 6.92 Å². The lowest BCUT2D eigenvalue weighted by Crippen LogP contribution is -2.48. The minimum absolute atomic E-state index is 0.0433. The Balaban J connectivity index is 1.61. The molecule has 2 aromatic rings. The molecule has 154 valence electrons. The molecule has 1 saturated heterocycles. The van der Waals surface area contributed by atoms with E-state index in [4.69, 9.17) is 4.74 Å². The van der Waals surface area contributed by atoms with Crippen molar-refractivity contribution in [1.29, 1.82) is 0 Å². The number of hydrogen-bond acceptors (Lipinski definition) is 6. The van der Waals surface area contributed by atoms with Crippen molar-refractivity contribution in [1.82, 2.24) is 5.32 Å². The topological polar surface area (TPSA) is 102 Å². The maximum atomic E-state index is 12.5. The molecule has 1 atom stereocenters. The minimum atomic E-state index is -3.14. The number of amides is 1. The molecule has 1 heterocycles. The lowest BCUT2D eigenvalue weighted by atomic mass is 10.0. The highest BCUT2D eigenvalue weighted by atomic mass is 32.2. The fraction of sp³-hybridized carbons (Fsp3) is 0.333. The van der Waals surface area contributed by atoms with E-state index in [1.807, 2.05) is 31.2 Å². The van der Waals surface area contributed by atoms with Crippen molar-refractivity contribution < 1.29 is 22.7 Å². The molecular weight excluding hydrogens is 392 g/mol. The Morgan fingerprint density at radius 2 is 1.79 bits per heavy atom. The first kappa shape index (κ1) is 20.9. The van der Waals surface area contributed by atoms with Crippen LogP contribution in [-0.2, 0) is 19.4 Å². The van der Waals surface area contributed by atoms with E-state index in [1.165, 1.54) is 0 Å². The highest BCUT2D eigenvalue weighted by Gasteiger charge is 2.39. The van der Waals surface area contributed by atoms with Gasteiger partial charge in [0.1, 0.15) is 0 Å². The van der Waals surface area contributed by atoms with Crippen molar-refractivity contribution in [3.63, 3.8) is 0 Å². The van der Waals surface area contributed by atoms with Gasteiger partial charge >= 0.3 is 5.97 Å². The highest BCUT2D eigenvalue weighted by Crippen LogP contribution is 2.23. The van der Waals surface area contributed by atoms with E-state index in [0.29, 0.717) is 17.7 Å². The molecule has 1 fully saturated rings. The van der Waals surface area contributed by atoms with Crippen molar-refractivity contribution in [2.45, 2.75) is 25.8 Å². The number of aryl methyl sites for hydroxylation is 1. The number of nitrogens with one attached hydrogen (secondary N) is 2. The van der Waals surface area contributed by atoms with Gasteiger partial charge in [-0.25, -0.2) is 13.2 Å². The fourth-order valence-electron chi connectivity index (χ4n) is 3.25. The summed E-state index contributed by atoms with van der Waals surface area (Å²) >= 11 is 0. The summed E-state index contributed by atoms with van der Waals surface area (Å²) in [5.41, 5.74) is 1.99. The van der Waals surface area contributed by atoms with Crippen LogP contribution in [0.25, 0.3) is 0 Å². The molecule has 0 saturated carbocycles. The van der Waals surface area contributed by atoms with Gasteiger partial charge < -0.3 is 15.4 Å². The van der Waals surface area contributed by atoms with Gasteiger partial charge in [0.15, 0.2) is 16.4 Å². The normalized spacial score (nSPS) is 20.1. The van der Waals surface area contributed by atoms with Crippen LogP contribution >= 0.6 is 0 Å². The summed E-state index contributed by atoms with van der Waals surface area (Å²) in [6.45, 7) is 3.19. The molecule has 0 unspecified atom stereocenters. The van der Waals surface area contributed by atoms with Crippen LogP contribution in [-0.4, -0.2) is 43.9 Å². The molecule has 7 nitrogen and oxygen atoms in total. The molecule has 2 N–H and O–H groups in total. The predicted molar refractivity (Wildman–Crippen MR) is 111 cm³/mol. The molecule has 0 aliphatic carbocycles. The number of benzene rings is 2. The quantitative estimate of drug-likeness (QED) is 0.702. The van der Waals surface area contributed by atoms with Gasteiger partial charge in [-0.2, -0.15) is 0 Å². The van der Waals surface area contributed by atoms with Crippen molar-refractivity contribution in [2.24, 2.45) is 0 Å². The summed E-state index contributed by atoms with van der Waals surface area (Å²) < 4.78 is 28.4. The first-order valence-corrected chi connectivity index (χ1v) is 11.1. The average Bonchev–Trinajstić information content (AvgIpc) is 2.94. The number of carbonyl (C=O) groups excluding carboxylic acids is 2. The summed E-state index contributed by atoms with van der Waals surface area (Å²) in [5, 5.41) is 5.84. The van der Waals surface area contributed by atoms with Crippen molar-refractivity contribution in [3.05, 3.63) is 59.7 Å². The third-order valence-corrected chi connectivity index (χ3v) is 6.66. The molecule has 0 spiro atoms. The smallest absolute Gasteiger partial charge is 0.340 e. The molecule has 1 amide bonds. The van der Waals surface area contributed by atoms with E-state index in [9.17, 15) is 18.0 Å². The molecule has 1 aliphatic rings. The Kier molecular flexibility index (Phi) is 5.93. The van der Waals surface area contributed by atoms with Crippen LogP contribution in [0.3, 0.4) is 0 Å². The molecule has 0 radical (unpaired) electrons. The molecule has 8 heteroatoms. The van der Waals surface area contributed by atoms with Crippen LogP contribution in [0.1, 0.15) is 29.3 Å². The lowest BCUT2D eigenvalue weighted by Gasteiger charge is -2.23. The van der Waals surface area contributed by atoms with Gasteiger partial charge in [-0.1, -0.05) is 29.8 Å². The Labute approximate surface area is 170 Å². The zero-order valence-corrected chi connectivity index (χ0v) is 17.2. The number of sulfone groups is 1. The first-order valence-electron chi connectivity index (χ1n) is 9.27. The van der Waals surface area contributed by atoms with Crippen LogP contribution in [0.15, 0.2) is 48.5 Å². The summed E-state index contributed by atoms with van der Waals surface area (Å²) in [6.07, 6.45) is 0.346. The maximum Gasteiger partial charge on any atom is 0.340 e. The number of carbonyl (C=O) groups is 2. The minimum Gasteiger partial charge on any atom is -0.452 e. The Morgan fingerprint density at radius 3 is 2.45 bits per heavy atom. The van der Waals surface area contributed by atoms with Crippen LogP contribution in [0.5, 0.6) is 0 Å². The number of ether oxygens (including phenoxy) is 1. The van der Waals surface area contributed by atoms with Gasteiger partial charge in [-0.3, -0.25) is 4.79 Å². The second kappa shape index (κ2) is 8.24. The van der Waals surface area contributed by atoms with E-state index >= 15 is 0 Å². The summed E-state index contributed by atoms with van der Waals surface area (Å²) in [4.78, 5) is 24.7. The SMILES string of the molecule is Cc1ccc(Nc2ccccc2C(=O)OCC(=O)N[C@@]2(C)CCS(=O)(=O)C2)cc1.